The van der Waals surface area contributed by atoms with E-state index in [2.05, 4.69) is 5.32 Å². The van der Waals surface area contributed by atoms with Crippen molar-refractivity contribution in [1.29, 1.82) is 0 Å². The van der Waals surface area contributed by atoms with Crippen molar-refractivity contribution in [3.63, 3.8) is 0 Å². The summed E-state index contributed by atoms with van der Waals surface area (Å²) in [7, 11) is 0. The second kappa shape index (κ2) is 7.29. The van der Waals surface area contributed by atoms with Gasteiger partial charge in [0, 0.05) is 13.0 Å². The van der Waals surface area contributed by atoms with Crippen molar-refractivity contribution in [3.05, 3.63) is 59.7 Å². The van der Waals surface area contributed by atoms with E-state index in [-0.39, 0.29) is 18.4 Å². The molecule has 2 aromatic carbocycles. The van der Waals surface area contributed by atoms with Crippen LogP contribution in [0.2, 0.25) is 0 Å². The number of ether oxygens (including phenoxy) is 2. The topological polar surface area (TPSA) is 47.6 Å². The van der Waals surface area contributed by atoms with Crippen LogP contribution in [0.15, 0.2) is 42.5 Å². The number of amides is 1. The van der Waals surface area contributed by atoms with E-state index in [1.807, 2.05) is 24.3 Å². The lowest BCUT2D eigenvalue weighted by molar-refractivity contribution is -0.120. The molecule has 0 spiro atoms. The number of para-hydroxylation sites is 2. The first-order chi connectivity index (χ1) is 11.6. The number of fused-ring (bicyclic) bond motifs is 1. The van der Waals surface area contributed by atoms with E-state index in [9.17, 15) is 13.6 Å². The average Bonchev–Trinajstić information content (AvgIpc) is 2.58. The molecule has 0 saturated carbocycles. The minimum absolute atomic E-state index is 0.00204. The third-order valence-corrected chi connectivity index (χ3v) is 3.70. The summed E-state index contributed by atoms with van der Waals surface area (Å²) >= 11 is 0. The van der Waals surface area contributed by atoms with Crippen molar-refractivity contribution in [1.82, 2.24) is 5.32 Å². The Bertz CT molecular complexity index is 736. The monoisotopic (exact) mass is 333 g/mol. The molecule has 1 N–H and O–H groups in total. The Labute approximate surface area is 138 Å². The summed E-state index contributed by atoms with van der Waals surface area (Å²) in [5, 5.41) is 2.75. The van der Waals surface area contributed by atoms with Crippen molar-refractivity contribution < 1.29 is 23.0 Å². The number of halogens is 2. The molecular formula is C18H17F2NO3. The largest absolute Gasteiger partial charge is 0.486 e. The van der Waals surface area contributed by atoms with E-state index < -0.39 is 11.6 Å². The molecule has 1 amide bonds. The maximum atomic E-state index is 13.1. The van der Waals surface area contributed by atoms with Gasteiger partial charge in [-0.05, 0) is 29.8 Å². The summed E-state index contributed by atoms with van der Waals surface area (Å²) in [6.45, 7) is 0.842. The maximum Gasteiger partial charge on any atom is 0.224 e. The predicted octanol–water partition coefficient (Wildman–Crippen LogP) is 2.85. The van der Waals surface area contributed by atoms with Gasteiger partial charge >= 0.3 is 0 Å². The second-order valence-corrected chi connectivity index (χ2v) is 5.56. The first kappa shape index (κ1) is 16.2. The minimum Gasteiger partial charge on any atom is -0.486 e. The standard InChI is InChI=1S/C18H17F2NO3/c19-14-6-5-12(9-15(14)20)10-18(22)21-8-7-13-11-23-16-3-1-2-4-17(16)24-13/h1-6,9,13H,7-8,10-11H2,(H,21,22). The van der Waals surface area contributed by atoms with Crippen molar-refractivity contribution in [3.8, 4) is 11.5 Å². The highest BCUT2D eigenvalue weighted by Gasteiger charge is 2.20. The maximum absolute atomic E-state index is 13.1. The number of nitrogens with one attached hydrogen (secondary N) is 1. The molecule has 2 aromatic rings. The lowest BCUT2D eigenvalue weighted by Crippen LogP contribution is -2.34. The summed E-state index contributed by atoms with van der Waals surface area (Å²) < 4.78 is 37.3. The summed E-state index contributed by atoms with van der Waals surface area (Å²) in [6, 6.07) is 10.9. The van der Waals surface area contributed by atoms with Gasteiger partial charge in [-0.1, -0.05) is 18.2 Å². The molecule has 0 fully saturated rings. The molecule has 0 aliphatic carbocycles. The van der Waals surface area contributed by atoms with Crippen LogP contribution in [0.4, 0.5) is 8.78 Å². The van der Waals surface area contributed by atoms with E-state index in [0.29, 0.717) is 30.9 Å². The molecule has 0 aromatic heterocycles. The molecule has 126 valence electrons. The van der Waals surface area contributed by atoms with Crippen molar-refractivity contribution >= 4 is 5.91 Å². The Kier molecular flexibility index (Phi) is 4.93. The van der Waals surface area contributed by atoms with Gasteiger partial charge in [0.05, 0.1) is 6.42 Å². The van der Waals surface area contributed by atoms with Gasteiger partial charge in [-0.3, -0.25) is 4.79 Å². The Hall–Kier alpha value is -2.63. The number of carbonyl (C=O) groups excluding carboxylic acids is 1. The fraction of sp³-hybridized carbons (Fsp3) is 0.278. The normalized spacial score (nSPS) is 15.8. The molecular weight excluding hydrogens is 316 g/mol. The molecule has 1 atom stereocenters. The van der Waals surface area contributed by atoms with Crippen molar-refractivity contribution in [2.75, 3.05) is 13.2 Å². The zero-order valence-electron chi connectivity index (χ0n) is 12.9. The van der Waals surface area contributed by atoms with Crippen LogP contribution < -0.4 is 14.8 Å². The molecule has 4 nitrogen and oxygen atoms in total. The lowest BCUT2D eigenvalue weighted by atomic mass is 10.1. The third-order valence-electron chi connectivity index (χ3n) is 3.70. The molecule has 24 heavy (non-hydrogen) atoms. The quantitative estimate of drug-likeness (QED) is 0.915. The van der Waals surface area contributed by atoms with Crippen LogP contribution in [0.25, 0.3) is 0 Å². The highest BCUT2D eigenvalue weighted by molar-refractivity contribution is 5.78. The van der Waals surface area contributed by atoms with Crippen molar-refractivity contribution in [2.24, 2.45) is 0 Å². The van der Waals surface area contributed by atoms with Gasteiger partial charge in [0.2, 0.25) is 5.91 Å². The molecule has 1 unspecified atom stereocenters. The van der Waals surface area contributed by atoms with Gasteiger partial charge in [0.25, 0.3) is 0 Å². The smallest absolute Gasteiger partial charge is 0.224 e. The van der Waals surface area contributed by atoms with Gasteiger partial charge in [0.15, 0.2) is 23.1 Å². The highest BCUT2D eigenvalue weighted by Crippen LogP contribution is 2.31. The first-order valence-electron chi connectivity index (χ1n) is 7.71. The number of benzene rings is 2. The van der Waals surface area contributed by atoms with Gasteiger partial charge in [-0.2, -0.15) is 0 Å². The summed E-state index contributed by atoms with van der Waals surface area (Å²) in [5.41, 5.74) is 0.428. The zero-order chi connectivity index (χ0) is 16.9. The molecule has 3 rings (SSSR count). The van der Waals surface area contributed by atoms with Crippen LogP contribution in [0.5, 0.6) is 11.5 Å². The number of hydrogen-bond donors (Lipinski definition) is 1. The van der Waals surface area contributed by atoms with Gasteiger partial charge in [-0.25, -0.2) is 8.78 Å². The second-order valence-electron chi connectivity index (χ2n) is 5.56. The van der Waals surface area contributed by atoms with Crippen LogP contribution in [0.1, 0.15) is 12.0 Å². The van der Waals surface area contributed by atoms with Crippen molar-refractivity contribution in [2.45, 2.75) is 18.9 Å². The number of rotatable bonds is 5. The van der Waals surface area contributed by atoms with Crippen LogP contribution in [-0.2, 0) is 11.2 Å². The van der Waals surface area contributed by atoms with E-state index in [1.54, 1.807) is 0 Å². The summed E-state index contributed by atoms with van der Waals surface area (Å²) in [5.74, 6) is -0.711. The van der Waals surface area contributed by atoms with E-state index in [1.165, 1.54) is 6.07 Å². The Morgan fingerprint density at radius 2 is 1.92 bits per heavy atom. The summed E-state index contributed by atoms with van der Waals surface area (Å²) in [6.07, 6.45) is 0.461. The molecule has 6 heteroatoms. The van der Waals surface area contributed by atoms with Gasteiger partial charge in [0.1, 0.15) is 12.7 Å². The van der Waals surface area contributed by atoms with Gasteiger partial charge < -0.3 is 14.8 Å². The van der Waals surface area contributed by atoms with E-state index >= 15 is 0 Å². The highest BCUT2D eigenvalue weighted by atomic mass is 19.2. The zero-order valence-corrected chi connectivity index (χ0v) is 12.9. The van der Waals surface area contributed by atoms with Crippen LogP contribution in [0, 0.1) is 11.6 Å². The first-order valence-corrected chi connectivity index (χ1v) is 7.71. The lowest BCUT2D eigenvalue weighted by Gasteiger charge is -2.26. The van der Waals surface area contributed by atoms with E-state index in [4.69, 9.17) is 9.47 Å². The molecule has 1 aliphatic rings. The molecule has 0 bridgehead atoms. The van der Waals surface area contributed by atoms with Crippen LogP contribution in [-0.4, -0.2) is 25.2 Å². The fourth-order valence-electron chi connectivity index (χ4n) is 2.48. The molecule has 0 radical (unpaired) electrons. The van der Waals surface area contributed by atoms with Gasteiger partial charge in [-0.15, -0.1) is 0 Å². The fourth-order valence-corrected chi connectivity index (χ4v) is 2.48. The van der Waals surface area contributed by atoms with Crippen LogP contribution in [0.3, 0.4) is 0 Å². The number of hydrogen-bond acceptors (Lipinski definition) is 3. The Balaban J connectivity index is 1.43. The van der Waals surface area contributed by atoms with E-state index in [0.717, 1.165) is 17.9 Å². The Morgan fingerprint density at radius 3 is 2.71 bits per heavy atom. The molecule has 1 aliphatic heterocycles. The minimum atomic E-state index is -0.952. The summed E-state index contributed by atoms with van der Waals surface area (Å²) in [4.78, 5) is 11.8. The molecule has 0 saturated heterocycles. The average molecular weight is 333 g/mol. The molecule has 1 heterocycles. The SMILES string of the molecule is O=C(Cc1ccc(F)c(F)c1)NCCC1COc2ccccc2O1. The Morgan fingerprint density at radius 1 is 1.12 bits per heavy atom. The predicted molar refractivity (Wildman–Crippen MR) is 84.0 cm³/mol. The third kappa shape index (κ3) is 4.01. The van der Waals surface area contributed by atoms with Crippen LogP contribution >= 0.6 is 0 Å². The number of carbonyl (C=O) groups is 1.